The van der Waals surface area contributed by atoms with Crippen LogP contribution in [0.5, 0.6) is 0 Å². The smallest absolute Gasteiger partial charge is 0.0710 e. The summed E-state index contributed by atoms with van der Waals surface area (Å²) in [6.07, 6.45) is 0. The molecule has 0 bridgehead atoms. The van der Waals surface area contributed by atoms with Crippen LogP contribution in [0.4, 0.5) is 0 Å². The number of aromatic nitrogens is 2. The van der Waals surface area contributed by atoms with E-state index >= 15 is 0 Å². The van der Waals surface area contributed by atoms with Gasteiger partial charge in [-0.3, -0.25) is 0 Å². The molecule has 0 aliphatic heterocycles. The molecule has 5 rings (SSSR count). The highest BCUT2D eigenvalue weighted by Gasteiger charge is 2.07. The number of pyridine rings is 2. The van der Waals surface area contributed by atoms with E-state index < -0.39 is 0 Å². The fourth-order valence-corrected chi connectivity index (χ4v) is 3.53. The van der Waals surface area contributed by atoms with Gasteiger partial charge in [-0.25, -0.2) is 9.97 Å². The summed E-state index contributed by atoms with van der Waals surface area (Å²) in [5.74, 6) is 0. The number of nitrogens with zero attached hydrogens (tertiary/aromatic N) is 2. The SMILES string of the molecule is Cc1cc(-c2ccc3ccccc3n2)cc(-c2ccc3ccccc3n2)c1. The van der Waals surface area contributed by atoms with Crippen molar-refractivity contribution in [2.45, 2.75) is 6.92 Å². The highest BCUT2D eigenvalue weighted by Crippen LogP contribution is 2.28. The number of para-hydroxylation sites is 2. The van der Waals surface area contributed by atoms with Gasteiger partial charge in [0.2, 0.25) is 0 Å². The van der Waals surface area contributed by atoms with Crippen LogP contribution in [0, 0.1) is 6.92 Å². The molecule has 0 spiro atoms. The average Bonchev–Trinajstić information content (AvgIpc) is 2.72. The van der Waals surface area contributed by atoms with Crippen molar-refractivity contribution < 1.29 is 0 Å². The summed E-state index contributed by atoms with van der Waals surface area (Å²) in [4.78, 5) is 9.70. The molecular formula is C25H18N2. The lowest BCUT2D eigenvalue weighted by atomic mass is 10.0. The Hall–Kier alpha value is -3.52. The zero-order chi connectivity index (χ0) is 18.2. The van der Waals surface area contributed by atoms with Gasteiger partial charge in [0.15, 0.2) is 0 Å². The van der Waals surface area contributed by atoms with Crippen LogP contribution in [0.3, 0.4) is 0 Å². The van der Waals surface area contributed by atoms with Crippen molar-refractivity contribution in [3.8, 4) is 22.5 Å². The maximum atomic E-state index is 4.85. The number of hydrogen-bond acceptors (Lipinski definition) is 2. The summed E-state index contributed by atoms with van der Waals surface area (Å²) < 4.78 is 0. The third-order valence-electron chi connectivity index (χ3n) is 4.87. The quantitative estimate of drug-likeness (QED) is 0.368. The van der Waals surface area contributed by atoms with Gasteiger partial charge in [-0.1, -0.05) is 48.5 Å². The summed E-state index contributed by atoms with van der Waals surface area (Å²) in [6.45, 7) is 2.12. The normalized spacial score (nSPS) is 11.1. The van der Waals surface area contributed by atoms with Crippen molar-refractivity contribution in [2.75, 3.05) is 0 Å². The standard InChI is InChI=1S/C25H18N2/c1-17-14-20(24-12-10-18-6-2-4-8-22(18)26-24)16-21(15-17)25-13-11-19-7-3-5-9-23(19)27-25/h2-16H,1H3. The molecule has 128 valence electrons. The predicted octanol–water partition coefficient (Wildman–Crippen LogP) is 6.43. The molecule has 2 nitrogen and oxygen atoms in total. The Kier molecular flexibility index (Phi) is 3.68. The minimum absolute atomic E-state index is 0.986. The Morgan fingerprint density at radius 3 is 1.52 bits per heavy atom. The van der Waals surface area contributed by atoms with E-state index in [0.717, 1.165) is 44.3 Å². The molecule has 0 radical (unpaired) electrons. The Bertz CT molecular complexity index is 1190. The van der Waals surface area contributed by atoms with Crippen LogP contribution in [0.15, 0.2) is 91.0 Å². The molecule has 0 fully saturated rings. The molecule has 5 aromatic rings. The van der Waals surface area contributed by atoms with Crippen molar-refractivity contribution >= 4 is 21.8 Å². The summed E-state index contributed by atoms with van der Waals surface area (Å²) in [6, 6.07) is 31.4. The van der Waals surface area contributed by atoms with E-state index in [2.05, 4.69) is 73.7 Å². The van der Waals surface area contributed by atoms with Crippen molar-refractivity contribution in [1.82, 2.24) is 9.97 Å². The summed E-state index contributed by atoms with van der Waals surface area (Å²) in [5.41, 5.74) is 7.44. The average molecular weight is 346 g/mol. The van der Waals surface area contributed by atoms with E-state index in [-0.39, 0.29) is 0 Å². The molecule has 0 N–H and O–H groups in total. The molecule has 0 saturated carbocycles. The molecule has 0 atom stereocenters. The predicted molar refractivity (Wildman–Crippen MR) is 113 cm³/mol. The highest BCUT2D eigenvalue weighted by atomic mass is 14.7. The van der Waals surface area contributed by atoms with Crippen LogP contribution >= 0.6 is 0 Å². The Morgan fingerprint density at radius 1 is 0.519 bits per heavy atom. The second-order valence-corrected chi connectivity index (χ2v) is 6.87. The van der Waals surface area contributed by atoms with Crippen LogP contribution < -0.4 is 0 Å². The zero-order valence-corrected chi connectivity index (χ0v) is 15.1. The summed E-state index contributed by atoms with van der Waals surface area (Å²) >= 11 is 0. The second kappa shape index (κ2) is 6.33. The lowest BCUT2D eigenvalue weighted by Crippen LogP contribution is -1.90. The number of fused-ring (bicyclic) bond motifs is 2. The number of aryl methyl sites for hydroxylation is 1. The molecule has 3 aromatic carbocycles. The van der Waals surface area contributed by atoms with E-state index in [1.54, 1.807) is 0 Å². The van der Waals surface area contributed by atoms with Crippen molar-refractivity contribution in [2.24, 2.45) is 0 Å². The lowest BCUT2D eigenvalue weighted by Gasteiger charge is -2.09. The van der Waals surface area contributed by atoms with Crippen molar-refractivity contribution in [3.05, 3.63) is 96.6 Å². The number of rotatable bonds is 2. The Labute approximate surface area is 158 Å². The fraction of sp³-hybridized carbons (Fsp3) is 0.0400. The lowest BCUT2D eigenvalue weighted by molar-refractivity contribution is 1.35. The maximum absolute atomic E-state index is 4.85. The van der Waals surface area contributed by atoms with Gasteiger partial charge in [0.25, 0.3) is 0 Å². The fourth-order valence-electron chi connectivity index (χ4n) is 3.53. The molecule has 0 aliphatic carbocycles. The molecule has 2 heterocycles. The van der Waals surface area contributed by atoms with Gasteiger partial charge in [-0.05, 0) is 55.0 Å². The molecule has 0 unspecified atom stereocenters. The molecule has 2 heteroatoms. The van der Waals surface area contributed by atoms with Crippen LogP contribution in [0.25, 0.3) is 44.3 Å². The maximum Gasteiger partial charge on any atom is 0.0710 e. The van der Waals surface area contributed by atoms with Crippen LogP contribution in [-0.2, 0) is 0 Å². The first-order valence-corrected chi connectivity index (χ1v) is 9.10. The van der Waals surface area contributed by atoms with E-state index in [1.165, 1.54) is 5.56 Å². The van der Waals surface area contributed by atoms with Gasteiger partial charge in [0, 0.05) is 21.9 Å². The van der Waals surface area contributed by atoms with Gasteiger partial charge < -0.3 is 0 Å². The van der Waals surface area contributed by atoms with E-state index in [0.29, 0.717) is 0 Å². The van der Waals surface area contributed by atoms with Gasteiger partial charge in [0.1, 0.15) is 0 Å². The third kappa shape index (κ3) is 2.96. The molecule has 0 aliphatic rings. The first-order valence-electron chi connectivity index (χ1n) is 9.10. The van der Waals surface area contributed by atoms with Crippen molar-refractivity contribution in [1.29, 1.82) is 0 Å². The molecule has 0 saturated heterocycles. The molecule has 0 amide bonds. The van der Waals surface area contributed by atoms with Gasteiger partial charge in [-0.2, -0.15) is 0 Å². The Morgan fingerprint density at radius 2 is 1.00 bits per heavy atom. The highest BCUT2D eigenvalue weighted by molar-refractivity contribution is 5.84. The number of hydrogen-bond donors (Lipinski definition) is 0. The topological polar surface area (TPSA) is 25.8 Å². The van der Waals surface area contributed by atoms with E-state index in [4.69, 9.17) is 9.97 Å². The first kappa shape index (κ1) is 15.7. The van der Waals surface area contributed by atoms with Gasteiger partial charge in [0.05, 0.1) is 22.4 Å². The molecular weight excluding hydrogens is 328 g/mol. The summed E-state index contributed by atoms with van der Waals surface area (Å²) in [7, 11) is 0. The van der Waals surface area contributed by atoms with Crippen LogP contribution in [0.2, 0.25) is 0 Å². The minimum Gasteiger partial charge on any atom is -0.248 e. The molecule has 2 aromatic heterocycles. The second-order valence-electron chi connectivity index (χ2n) is 6.87. The van der Waals surface area contributed by atoms with Gasteiger partial charge in [-0.15, -0.1) is 0 Å². The first-order chi connectivity index (χ1) is 13.3. The molecule has 27 heavy (non-hydrogen) atoms. The van der Waals surface area contributed by atoms with Crippen molar-refractivity contribution in [3.63, 3.8) is 0 Å². The van der Waals surface area contributed by atoms with Crippen LogP contribution in [-0.4, -0.2) is 9.97 Å². The monoisotopic (exact) mass is 346 g/mol. The van der Waals surface area contributed by atoms with E-state index in [1.807, 2.05) is 24.3 Å². The zero-order valence-electron chi connectivity index (χ0n) is 15.1. The van der Waals surface area contributed by atoms with Crippen LogP contribution in [0.1, 0.15) is 5.56 Å². The van der Waals surface area contributed by atoms with Gasteiger partial charge >= 0.3 is 0 Å². The largest absolute Gasteiger partial charge is 0.248 e. The number of benzene rings is 3. The third-order valence-corrected chi connectivity index (χ3v) is 4.87. The minimum atomic E-state index is 0.986. The van der Waals surface area contributed by atoms with E-state index in [9.17, 15) is 0 Å². The summed E-state index contributed by atoms with van der Waals surface area (Å²) in [5, 5.41) is 2.32. The Balaban J connectivity index is 1.64.